The molecular weight excluding hydrogens is 577 g/mol. The first-order valence-corrected chi connectivity index (χ1v) is 14.4. The number of methoxy groups -OCH3 is 1. The SMILES string of the molecule is COc1cc(C(CC(=O)O)c2ccc(C(F)(F)F)c(CN3C[C@@H](C)Oc4ccccc4S3(O)O)c2)cc2nnn(C)c12. The van der Waals surface area contributed by atoms with Gasteiger partial charge >= 0.3 is 12.1 Å². The van der Waals surface area contributed by atoms with Crippen LogP contribution in [-0.4, -0.2) is 59.2 Å². The molecule has 1 unspecified atom stereocenters. The van der Waals surface area contributed by atoms with Gasteiger partial charge < -0.3 is 14.6 Å². The Hall–Kier alpha value is -3.85. The molecule has 3 N–H and O–H groups in total. The second kappa shape index (κ2) is 11.1. The number of rotatable bonds is 7. The van der Waals surface area contributed by atoms with Crippen LogP contribution in [0, 0.1) is 0 Å². The van der Waals surface area contributed by atoms with E-state index in [-0.39, 0.29) is 22.8 Å². The van der Waals surface area contributed by atoms with Crippen LogP contribution in [0.1, 0.15) is 41.5 Å². The number of aryl methyl sites for hydroxylation is 1. The van der Waals surface area contributed by atoms with E-state index in [1.807, 2.05) is 0 Å². The number of hydrogen-bond donors (Lipinski definition) is 3. The Labute approximate surface area is 240 Å². The van der Waals surface area contributed by atoms with Crippen molar-refractivity contribution in [3.05, 3.63) is 76.9 Å². The number of fused-ring (bicyclic) bond motifs is 2. The van der Waals surface area contributed by atoms with Crippen LogP contribution in [0.25, 0.3) is 11.0 Å². The van der Waals surface area contributed by atoms with Gasteiger partial charge in [-0.15, -0.1) is 15.9 Å². The zero-order valence-electron chi connectivity index (χ0n) is 22.9. The molecule has 0 saturated heterocycles. The van der Waals surface area contributed by atoms with E-state index < -0.39 is 53.5 Å². The zero-order chi connectivity index (χ0) is 30.4. The summed E-state index contributed by atoms with van der Waals surface area (Å²) in [5, 5.41) is 17.8. The number of ether oxygens (including phenoxy) is 2. The quantitative estimate of drug-likeness (QED) is 0.235. The van der Waals surface area contributed by atoms with E-state index in [1.54, 1.807) is 44.3 Å². The molecule has 4 aromatic rings. The minimum absolute atomic E-state index is 0.0718. The summed E-state index contributed by atoms with van der Waals surface area (Å²) >= 11 is 0. The number of halogens is 3. The number of alkyl halides is 3. The lowest BCUT2D eigenvalue weighted by Crippen LogP contribution is -2.34. The predicted molar refractivity (Wildman–Crippen MR) is 149 cm³/mol. The molecule has 1 aliphatic heterocycles. The molecule has 2 heterocycles. The maximum atomic E-state index is 14.2. The zero-order valence-corrected chi connectivity index (χ0v) is 23.7. The monoisotopic (exact) mass is 606 g/mol. The molecule has 0 bridgehead atoms. The highest BCUT2D eigenvalue weighted by Crippen LogP contribution is 2.57. The lowest BCUT2D eigenvalue weighted by molar-refractivity contribution is -0.139. The first kappa shape index (κ1) is 29.6. The predicted octanol–water partition coefficient (Wildman–Crippen LogP) is 5.91. The van der Waals surface area contributed by atoms with Crippen LogP contribution < -0.4 is 9.47 Å². The first-order chi connectivity index (χ1) is 19.8. The Kier molecular flexibility index (Phi) is 7.83. The fraction of sp³-hybridized carbons (Fsp3) is 0.321. The Balaban J connectivity index is 1.62. The van der Waals surface area contributed by atoms with Gasteiger partial charge in [-0.05, 0) is 53.9 Å². The fourth-order valence-corrected chi connectivity index (χ4v) is 6.94. The van der Waals surface area contributed by atoms with E-state index in [2.05, 4.69) is 10.3 Å². The summed E-state index contributed by atoms with van der Waals surface area (Å²) in [5.41, 5.74) is 0.551. The number of nitrogens with zero attached hydrogens (tertiary/aromatic N) is 4. The van der Waals surface area contributed by atoms with Crippen molar-refractivity contribution in [3.8, 4) is 11.5 Å². The van der Waals surface area contributed by atoms with Gasteiger partial charge in [0.25, 0.3) is 0 Å². The largest absolute Gasteiger partial charge is 0.494 e. The van der Waals surface area contributed by atoms with Crippen molar-refractivity contribution >= 4 is 27.8 Å². The number of para-hydroxylation sites is 1. The van der Waals surface area contributed by atoms with Crippen molar-refractivity contribution < 1.29 is 41.7 Å². The van der Waals surface area contributed by atoms with Crippen LogP contribution >= 0.6 is 10.8 Å². The van der Waals surface area contributed by atoms with Crippen molar-refractivity contribution in [1.29, 1.82) is 0 Å². The molecular formula is C28H29F3N4O6S. The van der Waals surface area contributed by atoms with Crippen molar-refractivity contribution in [1.82, 2.24) is 19.3 Å². The second-order valence-corrected chi connectivity index (χ2v) is 12.1. The lowest BCUT2D eigenvalue weighted by Gasteiger charge is -2.42. The van der Waals surface area contributed by atoms with E-state index >= 15 is 0 Å². The number of carboxylic acids is 1. The van der Waals surface area contributed by atoms with E-state index in [9.17, 15) is 32.2 Å². The molecule has 1 aliphatic rings. The molecule has 0 spiro atoms. The van der Waals surface area contributed by atoms with E-state index in [4.69, 9.17) is 9.47 Å². The van der Waals surface area contributed by atoms with Gasteiger partial charge in [-0.1, -0.05) is 29.5 Å². The normalized spacial score (nSPS) is 18.5. The van der Waals surface area contributed by atoms with Crippen LogP contribution in [0.3, 0.4) is 0 Å². The average molecular weight is 607 g/mol. The molecule has 0 amide bonds. The molecule has 0 saturated carbocycles. The van der Waals surface area contributed by atoms with E-state index in [0.717, 1.165) is 6.07 Å². The van der Waals surface area contributed by atoms with Gasteiger partial charge in [0.15, 0.2) is 0 Å². The smallest absolute Gasteiger partial charge is 0.416 e. The number of carboxylic acid groups (broad SMARTS) is 1. The van der Waals surface area contributed by atoms with Crippen LogP contribution in [0.4, 0.5) is 13.2 Å². The van der Waals surface area contributed by atoms with Gasteiger partial charge in [-0.2, -0.15) is 17.5 Å². The summed E-state index contributed by atoms with van der Waals surface area (Å²) < 4.78 is 79.3. The Morgan fingerprint density at radius 1 is 1.17 bits per heavy atom. The molecule has 224 valence electrons. The average Bonchev–Trinajstić information content (AvgIpc) is 3.26. The number of aliphatic carboxylic acids is 1. The summed E-state index contributed by atoms with van der Waals surface area (Å²) in [6.45, 7) is 1.13. The van der Waals surface area contributed by atoms with Gasteiger partial charge in [-0.3, -0.25) is 13.9 Å². The van der Waals surface area contributed by atoms with Crippen molar-refractivity contribution in [2.45, 2.75) is 43.0 Å². The molecule has 2 atom stereocenters. The molecule has 10 nitrogen and oxygen atoms in total. The first-order valence-electron chi connectivity index (χ1n) is 12.9. The van der Waals surface area contributed by atoms with Crippen LogP contribution in [0.5, 0.6) is 11.5 Å². The summed E-state index contributed by atoms with van der Waals surface area (Å²) in [7, 11) is -0.622. The number of hydrogen-bond acceptors (Lipinski definition) is 8. The highest BCUT2D eigenvalue weighted by Gasteiger charge is 2.38. The maximum absolute atomic E-state index is 14.2. The third kappa shape index (κ3) is 5.62. The Morgan fingerprint density at radius 2 is 1.90 bits per heavy atom. The van der Waals surface area contributed by atoms with Crippen molar-refractivity contribution in [3.63, 3.8) is 0 Å². The van der Waals surface area contributed by atoms with E-state index in [1.165, 1.54) is 34.3 Å². The standard InChI is InChI=1S/C28H29F3N4O6S/c1-16-14-35(42(38,39)25-7-5-4-6-23(25)41-16)15-19-10-17(8-9-21(19)28(29,30)31)20(13-26(36)37)18-11-22-27(24(12-18)40-3)34(2)33-32-22/h4-12,16,20,38-39H,13-15H2,1-3H3,(H,36,37)/t16-,20?/m1/s1. The van der Waals surface area contributed by atoms with Crippen molar-refractivity contribution in [2.24, 2.45) is 7.05 Å². The molecule has 0 fully saturated rings. The number of carbonyl (C=O) groups is 1. The lowest BCUT2D eigenvalue weighted by atomic mass is 9.86. The van der Waals surface area contributed by atoms with Gasteiger partial charge in [0, 0.05) is 19.5 Å². The maximum Gasteiger partial charge on any atom is 0.416 e. The minimum Gasteiger partial charge on any atom is -0.494 e. The van der Waals surface area contributed by atoms with Gasteiger partial charge in [0.1, 0.15) is 33.5 Å². The topological polar surface area (TPSA) is 130 Å². The van der Waals surface area contributed by atoms with E-state index in [0.29, 0.717) is 27.9 Å². The molecule has 0 aliphatic carbocycles. The van der Waals surface area contributed by atoms with Gasteiger partial charge in [0.05, 0.1) is 25.6 Å². The molecule has 14 heteroatoms. The summed E-state index contributed by atoms with van der Waals surface area (Å²) in [5.74, 6) is -1.42. The number of aromatic nitrogens is 3. The van der Waals surface area contributed by atoms with Crippen LogP contribution in [-0.2, 0) is 24.6 Å². The summed E-state index contributed by atoms with van der Waals surface area (Å²) in [4.78, 5) is 12.0. The Morgan fingerprint density at radius 3 is 2.60 bits per heavy atom. The van der Waals surface area contributed by atoms with Crippen molar-refractivity contribution in [2.75, 3.05) is 13.7 Å². The third-order valence-corrected chi connectivity index (χ3v) is 9.09. The fourth-order valence-electron chi connectivity index (χ4n) is 5.27. The molecule has 0 radical (unpaired) electrons. The third-order valence-electron chi connectivity index (χ3n) is 7.17. The Bertz CT molecular complexity index is 1640. The second-order valence-electron chi connectivity index (χ2n) is 10.1. The molecule has 42 heavy (non-hydrogen) atoms. The number of benzene rings is 3. The molecule has 1 aromatic heterocycles. The highest BCUT2D eigenvalue weighted by molar-refractivity contribution is 8.22. The van der Waals surface area contributed by atoms with Gasteiger partial charge in [0.2, 0.25) is 0 Å². The highest BCUT2D eigenvalue weighted by atomic mass is 32.3. The van der Waals surface area contributed by atoms with Crippen LogP contribution in [0.15, 0.2) is 59.5 Å². The van der Waals surface area contributed by atoms with Gasteiger partial charge in [-0.25, -0.2) is 4.68 Å². The molecule has 5 rings (SSSR count). The minimum atomic E-state index is -4.76. The molecule has 3 aromatic carbocycles. The summed E-state index contributed by atoms with van der Waals surface area (Å²) in [6.07, 6.45) is -5.76. The van der Waals surface area contributed by atoms with Crippen LogP contribution in [0.2, 0.25) is 0 Å². The summed E-state index contributed by atoms with van der Waals surface area (Å²) in [6, 6.07) is 13.0.